The maximum Gasteiger partial charge on any atom is 0.307 e. The fourth-order valence-corrected chi connectivity index (χ4v) is 4.31. The summed E-state index contributed by atoms with van der Waals surface area (Å²) in [4.78, 5) is 28.1. The third-order valence-corrected chi connectivity index (χ3v) is 5.43. The van der Waals surface area contributed by atoms with Crippen molar-refractivity contribution < 1.29 is 14.7 Å². The summed E-state index contributed by atoms with van der Waals surface area (Å²) in [5, 5.41) is 12.6. The number of carboxylic acids is 1. The zero-order chi connectivity index (χ0) is 15.7. The van der Waals surface area contributed by atoms with Gasteiger partial charge in [0.25, 0.3) is 0 Å². The summed E-state index contributed by atoms with van der Waals surface area (Å²) in [7, 11) is 0. The van der Waals surface area contributed by atoms with Crippen LogP contribution in [0.2, 0.25) is 0 Å². The van der Waals surface area contributed by atoms with E-state index in [1.807, 2.05) is 18.2 Å². The highest BCUT2D eigenvalue weighted by atomic mass is 79.9. The number of thiazole rings is 1. The van der Waals surface area contributed by atoms with Crippen molar-refractivity contribution in [2.24, 2.45) is 11.8 Å². The number of anilines is 1. The van der Waals surface area contributed by atoms with Crippen LogP contribution in [-0.2, 0) is 9.59 Å². The first kappa shape index (κ1) is 15.4. The molecule has 1 aromatic carbocycles. The second-order valence-electron chi connectivity index (χ2n) is 5.46. The quantitative estimate of drug-likeness (QED) is 0.843. The highest BCUT2D eigenvalue weighted by Crippen LogP contribution is 2.33. The number of fused-ring (bicyclic) bond motifs is 1. The molecule has 1 amide bonds. The number of aliphatic carboxylic acids is 1. The van der Waals surface area contributed by atoms with Gasteiger partial charge in [-0.2, -0.15) is 0 Å². The Labute approximate surface area is 139 Å². The molecule has 0 unspecified atom stereocenters. The van der Waals surface area contributed by atoms with E-state index in [-0.39, 0.29) is 5.91 Å². The Hall–Kier alpha value is -1.47. The first-order valence-corrected chi connectivity index (χ1v) is 8.75. The molecular formula is C15H15BrN2O3S. The van der Waals surface area contributed by atoms with Crippen molar-refractivity contribution in [1.29, 1.82) is 0 Å². The Morgan fingerprint density at radius 3 is 2.73 bits per heavy atom. The van der Waals surface area contributed by atoms with Gasteiger partial charge in [0.05, 0.1) is 22.1 Å². The molecular weight excluding hydrogens is 368 g/mol. The van der Waals surface area contributed by atoms with Gasteiger partial charge in [0.2, 0.25) is 5.91 Å². The van der Waals surface area contributed by atoms with Crippen LogP contribution in [0, 0.1) is 11.8 Å². The highest BCUT2D eigenvalue weighted by Gasteiger charge is 2.35. The molecule has 1 fully saturated rings. The number of nitrogens with zero attached hydrogens (tertiary/aromatic N) is 1. The number of rotatable bonds is 3. The van der Waals surface area contributed by atoms with Crippen molar-refractivity contribution in [3.8, 4) is 0 Å². The lowest BCUT2D eigenvalue weighted by atomic mass is 9.79. The number of carbonyl (C=O) groups excluding carboxylic acids is 1. The molecule has 5 nitrogen and oxygen atoms in total. The van der Waals surface area contributed by atoms with Gasteiger partial charge in [-0.15, -0.1) is 0 Å². The zero-order valence-corrected chi connectivity index (χ0v) is 14.1. The summed E-state index contributed by atoms with van der Waals surface area (Å²) in [5.41, 5.74) is 0.821. The number of hydrogen-bond acceptors (Lipinski definition) is 4. The predicted octanol–water partition coefficient (Wildman–Crippen LogP) is 3.89. The maximum absolute atomic E-state index is 12.4. The van der Waals surface area contributed by atoms with Crippen LogP contribution in [0.4, 0.5) is 5.13 Å². The van der Waals surface area contributed by atoms with Gasteiger partial charge in [0.15, 0.2) is 5.13 Å². The third kappa shape index (κ3) is 3.15. The molecule has 22 heavy (non-hydrogen) atoms. The molecule has 1 heterocycles. The van der Waals surface area contributed by atoms with Crippen LogP contribution in [0.25, 0.3) is 10.2 Å². The molecule has 1 saturated carbocycles. The molecule has 2 aromatic rings. The van der Waals surface area contributed by atoms with Crippen LogP contribution >= 0.6 is 27.3 Å². The number of halogens is 1. The van der Waals surface area contributed by atoms with E-state index in [0.29, 0.717) is 18.0 Å². The molecule has 116 valence electrons. The SMILES string of the molecule is O=C(O)[C@@H]1CCCC[C@H]1C(=O)Nc1nc2ccc(Br)cc2s1. The molecule has 0 saturated heterocycles. The van der Waals surface area contributed by atoms with E-state index in [9.17, 15) is 14.7 Å². The lowest BCUT2D eigenvalue weighted by molar-refractivity contribution is -0.147. The first-order valence-electron chi connectivity index (χ1n) is 7.14. The third-order valence-electron chi connectivity index (χ3n) is 4.00. The van der Waals surface area contributed by atoms with Crippen molar-refractivity contribution in [2.45, 2.75) is 25.7 Å². The number of aromatic nitrogens is 1. The minimum absolute atomic E-state index is 0.231. The minimum atomic E-state index is -0.881. The van der Waals surface area contributed by atoms with Gasteiger partial charge in [0.1, 0.15) is 0 Å². The number of nitrogens with one attached hydrogen (secondary N) is 1. The molecule has 1 aliphatic carbocycles. The number of benzene rings is 1. The fraction of sp³-hybridized carbons (Fsp3) is 0.400. The van der Waals surface area contributed by atoms with Crippen molar-refractivity contribution in [3.63, 3.8) is 0 Å². The standard InChI is InChI=1S/C15H15BrN2O3S/c16-8-5-6-11-12(7-8)22-15(17-11)18-13(19)9-3-1-2-4-10(9)14(20)21/h5-7,9-10H,1-4H2,(H,20,21)(H,17,18,19)/t9-,10-/m1/s1. The summed E-state index contributed by atoms with van der Waals surface area (Å²) in [6, 6.07) is 5.73. The van der Waals surface area contributed by atoms with E-state index < -0.39 is 17.8 Å². The van der Waals surface area contributed by atoms with Crippen molar-refractivity contribution in [3.05, 3.63) is 22.7 Å². The number of carbonyl (C=O) groups is 2. The zero-order valence-electron chi connectivity index (χ0n) is 11.7. The second-order valence-corrected chi connectivity index (χ2v) is 7.40. The van der Waals surface area contributed by atoms with Crippen LogP contribution < -0.4 is 5.32 Å². The first-order chi connectivity index (χ1) is 10.5. The van der Waals surface area contributed by atoms with Crippen LogP contribution in [0.3, 0.4) is 0 Å². The molecule has 1 aromatic heterocycles. The van der Waals surface area contributed by atoms with Crippen molar-refractivity contribution in [1.82, 2.24) is 4.98 Å². The van der Waals surface area contributed by atoms with E-state index in [0.717, 1.165) is 27.5 Å². The van der Waals surface area contributed by atoms with Crippen molar-refractivity contribution in [2.75, 3.05) is 5.32 Å². The Kier molecular flexibility index (Phi) is 4.44. The van der Waals surface area contributed by atoms with Gasteiger partial charge in [-0.1, -0.05) is 40.1 Å². The van der Waals surface area contributed by atoms with E-state index >= 15 is 0 Å². The topological polar surface area (TPSA) is 79.3 Å². The summed E-state index contributed by atoms with van der Waals surface area (Å²) in [6.45, 7) is 0. The fourth-order valence-electron chi connectivity index (χ4n) is 2.89. The molecule has 0 radical (unpaired) electrons. The van der Waals surface area contributed by atoms with E-state index in [4.69, 9.17) is 0 Å². The number of carboxylic acid groups (broad SMARTS) is 1. The van der Waals surface area contributed by atoms with Gasteiger partial charge in [-0.05, 0) is 31.0 Å². The molecule has 2 N–H and O–H groups in total. The van der Waals surface area contributed by atoms with E-state index in [1.165, 1.54) is 11.3 Å². The molecule has 7 heteroatoms. The smallest absolute Gasteiger partial charge is 0.307 e. The average Bonchev–Trinajstić information content (AvgIpc) is 2.88. The summed E-state index contributed by atoms with van der Waals surface area (Å²) >= 11 is 4.80. The maximum atomic E-state index is 12.4. The molecule has 1 aliphatic rings. The monoisotopic (exact) mass is 382 g/mol. The van der Waals surface area contributed by atoms with Crippen LogP contribution in [-0.4, -0.2) is 22.0 Å². The Morgan fingerprint density at radius 1 is 1.27 bits per heavy atom. The van der Waals surface area contributed by atoms with Gasteiger partial charge >= 0.3 is 5.97 Å². The van der Waals surface area contributed by atoms with Crippen LogP contribution in [0.1, 0.15) is 25.7 Å². The molecule has 3 rings (SSSR count). The van der Waals surface area contributed by atoms with Gasteiger partial charge in [0, 0.05) is 4.47 Å². The summed E-state index contributed by atoms with van der Waals surface area (Å²) in [6.07, 6.45) is 2.96. The number of amides is 1. The minimum Gasteiger partial charge on any atom is -0.481 e. The van der Waals surface area contributed by atoms with Gasteiger partial charge < -0.3 is 10.4 Å². The van der Waals surface area contributed by atoms with Gasteiger partial charge in [-0.3, -0.25) is 9.59 Å². The van der Waals surface area contributed by atoms with Crippen molar-refractivity contribution >= 4 is 54.5 Å². The van der Waals surface area contributed by atoms with E-state index in [1.54, 1.807) is 0 Å². The largest absolute Gasteiger partial charge is 0.481 e. The average molecular weight is 383 g/mol. The Balaban J connectivity index is 1.78. The predicted molar refractivity (Wildman–Crippen MR) is 89.0 cm³/mol. The summed E-state index contributed by atoms with van der Waals surface area (Å²) in [5.74, 6) is -2.17. The molecule has 0 bridgehead atoms. The Morgan fingerprint density at radius 2 is 2.00 bits per heavy atom. The molecule has 0 spiro atoms. The lowest BCUT2D eigenvalue weighted by Crippen LogP contribution is -2.36. The van der Waals surface area contributed by atoms with Gasteiger partial charge in [-0.25, -0.2) is 4.98 Å². The lowest BCUT2D eigenvalue weighted by Gasteiger charge is -2.26. The molecule has 2 atom stereocenters. The second kappa shape index (κ2) is 6.34. The molecule has 0 aliphatic heterocycles. The van der Waals surface area contributed by atoms with E-state index in [2.05, 4.69) is 26.2 Å². The van der Waals surface area contributed by atoms with Crippen LogP contribution in [0.5, 0.6) is 0 Å². The highest BCUT2D eigenvalue weighted by molar-refractivity contribution is 9.10. The number of hydrogen-bond donors (Lipinski definition) is 2. The summed E-state index contributed by atoms with van der Waals surface area (Å²) < 4.78 is 1.93. The van der Waals surface area contributed by atoms with Crippen LogP contribution in [0.15, 0.2) is 22.7 Å². The normalized spacial score (nSPS) is 21.7. The Bertz CT molecular complexity index is 731.